The molecule has 0 aromatic rings. The first-order valence-electron chi connectivity index (χ1n) is 5.00. The molecule has 1 fully saturated rings. The molecule has 0 aromatic heterocycles. The van der Waals surface area contributed by atoms with Crippen LogP contribution >= 0.6 is 0 Å². The second kappa shape index (κ2) is 4.13. The third kappa shape index (κ3) is 3.27. The van der Waals surface area contributed by atoms with Gasteiger partial charge < -0.3 is 0 Å². The van der Waals surface area contributed by atoms with E-state index in [-0.39, 0.29) is 0 Å². The van der Waals surface area contributed by atoms with Gasteiger partial charge >= 0.3 is 0 Å². The van der Waals surface area contributed by atoms with Crippen molar-refractivity contribution in [3.05, 3.63) is 6.42 Å². The van der Waals surface area contributed by atoms with Gasteiger partial charge in [0, 0.05) is 0 Å². The molecule has 0 aliphatic heterocycles. The molecule has 2 atom stereocenters. The second-order valence-corrected chi connectivity index (χ2v) is 4.55. The predicted molar refractivity (Wildman–Crippen MR) is 50.3 cm³/mol. The van der Waals surface area contributed by atoms with Crippen LogP contribution in [0.2, 0.25) is 0 Å². The van der Waals surface area contributed by atoms with E-state index in [4.69, 9.17) is 0 Å². The molecule has 1 radical (unpaired) electrons. The Morgan fingerprint density at radius 3 is 1.73 bits per heavy atom. The number of hydrogen-bond acceptors (Lipinski definition) is 0. The van der Waals surface area contributed by atoms with Gasteiger partial charge in [0.1, 0.15) is 0 Å². The SMILES string of the molecule is CC1C[CH]CC(C)CC(C)C1. The van der Waals surface area contributed by atoms with Crippen molar-refractivity contribution < 1.29 is 0 Å². The highest BCUT2D eigenvalue weighted by Crippen LogP contribution is 2.28. The van der Waals surface area contributed by atoms with Crippen LogP contribution in [0.25, 0.3) is 0 Å². The third-order valence-corrected chi connectivity index (χ3v) is 2.75. The summed E-state index contributed by atoms with van der Waals surface area (Å²) in [6.45, 7) is 7.16. The Kier molecular flexibility index (Phi) is 3.42. The van der Waals surface area contributed by atoms with Crippen LogP contribution in [-0.2, 0) is 0 Å². The van der Waals surface area contributed by atoms with Gasteiger partial charge in [0.2, 0.25) is 0 Å². The van der Waals surface area contributed by atoms with E-state index in [1.54, 1.807) is 0 Å². The highest BCUT2D eigenvalue weighted by molar-refractivity contribution is 4.77. The average molecular weight is 153 g/mol. The molecular formula is C11H21. The Balaban J connectivity index is 2.34. The van der Waals surface area contributed by atoms with Crippen LogP contribution in [0.1, 0.15) is 46.5 Å². The highest BCUT2D eigenvalue weighted by Gasteiger charge is 2.15. The lowest BCUT2D eigenvalue weighted by atomic mass is 9.82. The van der Waals surface area contributed by atoms with Crippen molar-refractivity contribution in [1.82, 2.24) is 0 Å². The summed E-state index contributed by atoms with van der Waals surface area (Å²) in [6, 6.07) is 0. The average Bonchev–Trinajstić information content (AvgIpc) is 1.83. The lowest BCUT2D eigenvalue weighted by molar-refractivity contribution is 0.311. The molecule has 1 aliphatic rings. The maximum Gasteiger partial charge on any atom is -0.0381 e. The largest absolute Gasteiger partial charge is 0.0625 e. The minimum absolute atomic E-state index is 0.928. The fourth-order valence-corrected chi connectivity index (χ4v) is 2.33. The normalized spacial score (nSPS) is 41.2. The van der Waals surface area contributed by atoms with Crippen LogP contribution in [0.5, 0.6) is 0 Å². The minimum atomic E-state index is 0.928. The van der Waals surface area contributed by atoms with Crippen LogP contribution in [0.15, 0.2) is 0 Å². The summed E-state index contributed by atoms with van der Waals surface area (Å²) in [5.41, 5.74) is 0. The molecule has 0 aromatic carbocycles. The summed E-state index contributed by atoms with van der Waals surface area (Å²) >= 11 is 0. The maximum absolute atomic E-state index is 2.49. The molecule has 65 valence electrons. The van der Waals surface area contributed by atoms with Gasteiger partial charge in [-0.05, 0) is 49.9 Å². The zero-order chi connectivity index (χ0) is 8.27. The van der Waals surface area contributed by atoms with E-state index in [1.807, 2.05) is 0 Å². The van der Waals surface area contributed by atoms with Crippen molar-refractivity contribution in [2.75, 3.05) is 0 Å². The Hall–Kier alpha value is 0. The van der Waals surface area contributed by atoms with E-state index >= 15 is 0 Å². The molecule has 0 bridgehead atoms. The molecule has 11 heavy (non-hydrogen) atoms. The zero-order valence-corrected chi connectivity index (χ0v) is 8.14. The quantitative estimate of drug-likeness (QED) is 0.498. The standard InChI is InChI=1S/C11H21/c1-9-5-4-6-10(2)8-11(3)7-9/h4,9-11H,5-8H2,1-3H3. The summed E-state index contributed by atoms with van der Waals surface area (Å²) < 4.78 is 0. The lowest BCUT2D eigenvalue weighted by Crippen LogP contribution is -2.12. The molecule has 1 rings (SSSR count). The van der Waals surface area contributed by atoms with Crippen molar-refractivity contribution in [2.24, 2.45) is 17.8 Å². The van der Waals surface area contributed by atoms with Gasteiger partial charge in [-0.1, -0.05) is 20.8 Å². The summed E-state index contributed by atoms with van der Waals surface area (Å²) in [5, 5.41) is 0. The molecule has 0 saturated heterocycles. The number of rotatable bonds is 0. The maximum atomic E-state index is 2.49. The van der Waals surface area contributed by atoms with Crippen LogP contribution < -0.4 is 0 Å². The monoisotopic (exact) mass is 153 g/mol. The molecule has 0 heterocycles. The van der Waals surface area contributed by atoms with Crippen LogP contribution in [0, 0.1) is 24.2 Å². The molecular weight excluding hydrogens is 132 g/mol. The van der Waals surface area contributed by atoms with Crippen LogP contribution in [-0.4, -0.2) is 0 Å². The van der Waals surface area contributed by atoms with Crippen molar-refractivity contribution >= 4 is 0 Å². The molecule has 0 amide bonds. The minimum Gasteiger partial charge on any atom is -0.0625 e. The van der Waals surface area contributed by atoms with Crippen molar-refractivity contribution in [3.8, 4) is 0 Å². The molecule has 0 heteroatoms. The van der Waals surface area contributed by atoms with Crippen LogP contribution in [0.4, 0.5) is 0 Å². The van der Waals surface area contributed by atoms with Gasteiger partial charge in [0.05, 0.1) is 0 Å². The first-order valence-corrected chi connectivity index (χ1v) is 5.00. The van der Waals surface area contributed by atoms with Crippen molar-refractivity contribution in [2.45, 2.75) is 46.5 Å². The van der Waals surface area contributed by atoms with Gasteiger partial charge in [-0.2, -0.15) is 0 Å². The van der Waals surface area contributed by atoms with Crippen molar-refractivity contribution in [3.63, 3.8) is 0 Å². The first-order chi connectivity index (χ1) is 5.18. The molecule has 1 saturated carbocycles. The van der Waals surface area contributed by atoms with E-state index < -0.39 is 0 Å². The third-order valence-electron chi connectivity index (χ3n) is 2.75. The van der Waals surface area contributed by atoms with E-state index in [0.29, 0.717) is 0 Å². The van der Waals surface area contributed by atoms with E-state index in [0.717, 1.165) is 17.8 Å². The molecule has 0 nitrogen and oxygen atoms in total. The van der Waals surface area contributed by atoms with Gasteiger partial charge in [0.25, 0.3) is 0 Å². The summed E-state index contributed by atoms with van der Waals surface area (Å²) in [7, 11) is 0. The van der Waals surface area contributed by atoms with Gasteiger partial charge in [-0.3, -0.25) is 0 Å². The Labute approximate surface area is 71.4 Å². The molecule has 2 unspecified atom stereocenters. The fraction of sp³-hybridized carbons (Fsp3) is 0.909. The predicted octanol–water partition coefficient (Wildman–Crippen LogP) is 3.67. The Bertz CT molecular complexity index is 94.6. The smallest absolute Gasteiger partial charge is 0.0381 e. The lowest BCUT2D eigenvalue weighted by Gasteiger charge is -2.24. The van der Waals surface area contributed by atoms with Crippen molar-refractivity contribution in [1.29, 1.82) is 0 Å². The van der Waals surface area contributed by atoms with E-state index in [9.17, 15) is 0 Å². The summed E-state index contributed by atoms with van der Waals surface area (Å²) in [6.07, 6.45) is 8.03. The van der Waals surface area contributed by atoms with E-state index in [2.05, 4.69) is 27.2 Å². The molecule has 0 N–H and O–H groups in total. The van der Waals surface area contributed by atoms with Crippen LogP contribution in [0.3, 0.4) is 0 Å². The Morgan fingerprint density at radius 1 is 0.818 bits per heavy atom. The highest BCUT2D eigenvalue weighted by atomic mass is 14.2. The fourth-order valence-electron chi connectivity index (χ4n) is 2.33. The molecule has 0 spiro atoms. The second-order valence-electron chi connectivity index (χ2n) is 4.55. The number of hydrogen-bond donors (Lipinski definition) is 0. The van der Waals surface area contributed by atoms with Gasteiger partial charge in [-0.25, -0.2) is 0 Å². The summed E-state index contributed by atoms with van der Waals surface area (Å²) in [5.74, 6) is 2.81. The zero-order valence-electron chi connectivity index (χ0n) is 8.14. The topological polar surface area (TPSA) is 0 Å². The molecule has 1 aliphatic carbocycles. The van der Waals surface area contributed by atoms with Gasteiger partial charge in [-0.15, -0.1) is 0 Å². The van der Waals surface area contributed by atoms with E-state index in [1.165, 1.54) is 25.7 Å². The Morgan fingerprint density at radius 2 is 1.27 bits per heavy atom. The van der Waals surface area contributed by atoms with Gasteiger partial charge in [0.15, 0.2) is 0 Å². The summed E-state index contributed by atoms with van der Waals surface area (Å²) in [4.78, 5) is 0. The first kappa shape index (κ1) is 9.09.